The van der Waals surface area contributed by atoms with Gasteiger partial charge in [-0.25, -0.2) is 0 Å². The molecule has 4 rings (SSSR count). The smallest absolute Gasteiger partial charge is 0.169 e. The maximum atomic E-state index is 10.4. The maximum absolute atomic E-state index is 10.4. The van der Waals surface area contributed by atoms with Gasteiger partial charge in [-0.3, -0.25) is 0 Å². The van der Waals surface area contributed by atoms with Crippen molar-refractivity contribution in [3.8, 4) is 6.07 Å². The lowest BCUT2D eigenvalue weighted by molar-refractivity contribution is -0.201. The molecule has 2 fully saturated rings. The molecule has 0 bridgehead atoms. The highest BCUT2D eigenvalue weighted by atomic mass is 16.7. The van der Waals surface area contributed by atoms with Gasteiger partial charge in [-0.05, 0) is 42.2 Å². The van der Waals surface area contributed by atoms with E-state index >= 15 is 0 Å². The first-order valence-corrected chi connectivity index (χ1v) is 10.4. The summed E-state index contributed by atoms with van der Waals surface area (Å²) >= 11 is 0. The van der Waals surface area contributed by atoms with Gasteiger partial charge in [0.15, 0.2) is 5.79 Å². The molecule has 1 aliphatic heterocycles. The summed E-state index contributed by atoms with van der Waals surface area (Å²) in [6.07, 6.45) is 5.96. The zero-order valence-electron chi connectivity index (χ0n) is 16.7. The monoisotopic (exact) mass is 375 g/mol. The molecule has 1 heterocycles. The summed E-state index contributed by atoms with van der Waals surface area (Å²) in [5.41, 5.74) is 1.64. The Kier molecular flexibility index (Phi) is 5.27. The highest BCUT2D eigenvalue weighted by Gasteiger charge is 2.47. The summed E-state index contributed by atoms with van der Waals surface area (Å²) in [4.78, 5) is 0. The predicted octanol–water partition coefficient (Wildman–Crippen LogP) is 5.60. The number of hydrogen-bond donors (Lipinski definition) is 0. The average Bonchev–Trinajstić information content (AvgIpc) is 3.17. The van der Waals surface area contributed by atoms with E-state index in [1.165, 1.54) is 0 Å². The molecule has 3 nitrogen and oxygen atoms in total. The summed E-state index contributed by atoms with van der Waals surface area (Å²) in [5, 5.41) is 10.4. The van der Waals surface area contributed by atoms with Crippen molar-refractivity contribution < 1.29 is 9.47 Å². The topological polar surface area (TPSA) is 42.2 Å². The van der Waals surface area contributed by atoms with E-state index < -0.39 is 5.41 Å². The molecule has 1 atom stereocenters. The molecule has 0 N–H and O–H groups in total. The quantitative estimate of drug-likeness (QED) is 0.683. The molecule has 0 aromatic heterocycles. The molecule has 3 heteroatoms. The van der Waals surface area contributed by atoms with Gasteiger partial charge in [0.05, 0.1) is 19.3 Å². The third-order valence-corrected chi connectivity index (χ3v) is 6.68. The molecule has 146 valence electrons. The number of nitrogens with zero attached hydrogens (tertiary/aromatic N) is 1. The molecule has 1 saturated heterocycles. The van der Waals surface area contributed by atoms with Crippen LogP contribution in [-0.2, 0) is 14.9 Å². The Morgan fingerprint density at radius 2 is 1.50 bits per heavy atom. The molecule has 2 aromatic rings. The van der Waals surface area contributed by atoms with Crippen LogP contribution in [0.15, 0.2) is 60.7 Å². The van der Waals surface area contributed by atoms with E-state index in [0.29, 0.717) is 13.2 Å². The van der Waals surface area contributed by atoms with Crippen molar-refractivity contribution in [1.82, 2.24) is 0 Å². The first-order chi connectivity index (χ1) is 13.6. The van der Waals surface area contributed by atoms with Crippen molar-refractivity contribution in [2.45, 2.75) is 56.7 Å². The molecule has 1 saturated carbocycles. The Balaban J connectivity index is 1.63. The van der Waals surface area contributed by atoms with Gasteiger partial charge in [0.25, 0.3) is 0 Å². The van der Waals surface area contributed by atoms with Gasteiger partial charge in [-0.2, -0.15) is 5.26 Å². The lowest BCUT2D eigenvalue weighted by Gasteiger charge is -2.44. The number of ether oxygens (including phenoxy) is 2. The van der Waals surface area contributed by atoms with Gasteiger partial charge in [-0.15, -0.1) is 0 Å². The highest BCUT2D eigenvalue weighted by Crippen LogP contribution is 2.50. The van der Waals surface area contributed by atoms with E-state index in [0.717, 1.165) is 49.7 Å². The molecule has 1 spiro atoms. The van der Waals surface area contributed by atoms with Gasteiger partial charge in [0, 0.05) is 12.8 Å². The first kappa shape index (κ1) is 19.2. The number of rotatable bonds is 5. The predicted molar refractivity (Wildman–Crippen MR) is 110 cm³/mol. The van der Waals surface area contributed by atoms with Crippen LogP contribution in [-0.4, -0.2) is 19.0 Å². The molecule has 1 unspecified atom stereocenters. The Hall–Kier alpha value is -2.15. The minimum absolute atomic E-state index is 0.119. The van der Waals surface area contributed by atoms with Crippen molar-refractivity contribution in [3.63, 3.8) is 0 Å². The third kappa shape index (κ3) is 3.60. The van der Waals surface area contributed by atoms with Crippen LogP contribution >= 0.6 is 0 Å². The zero-order valence-corrected chi connectivity index (χ0v) is 16.7. The van der Waals surface area contributed by atoms with Gasteiger partial charge in [0.1, 0.15) is 5.41 Å². The Morgan fingerprint density at radius 1 is 0.929 bits per heavy atom. The van der Waals surface area contributed by atoms with Crippen LogP contribution in [0.5, 0.6) is 0 Å². The van der Waals surface area contributed by atoms with E-state index in [-0.39, 0.29) is 11.2 Å². The van der Waals surface area contributed by atoms with E-state index in [9.17, 15) is 5.26 Å². The van der Waals surface area contributed by atoms with Crippen molar-refractivity contribution >= 4 is 0 Å². The summed E-state index contributed by atoms with van der Waals surface area (Å²) in [6.45, 7) is 3.75. The fraction of sp³-hybridized carbons (Fsp3) is 0.480. The Labute approximate surface area is 168 Å². The second kappa shape index (κ2) is 7.70. The summed E-state index contributed by atoms with van der Waals surface area (Å²) < 4.78 is 12.0. The lowest BCUT2D eigenvalue weighted by Crippen LogP contribution is -2.42. The second-order valence-corrected chi connectivity index (χ2v) is 8.70. The lowest BCUT2D eigenvalue weighted by atomic mass is 9.65. The van der Waals surface area contributed by atoms with Crippen LogP contribution in [0.4, 0.5) is 0 Å². The van der Waals surface area contributed by atoms with Gasteiger partial charge < -0.3 is 9.47 Å². The van der Waals surface area contributed by atoms with Gasteiger partial charge in [-0.1, -0.05) is 67.6 Å². The van der Waals surface area contributed by atoms with Gasteiger partial charge >= 0.3 is 0 Å². The van der Waals surface area contributed by atoms with Crippen LogP contribution in [0.25, 0.3) is 0 Å². The van der Waals surface area contributed by atoms with Crippen LogP contribution in [0, 0.1) is 16.7 Å². The van der Waals surface area contributed by atoms with Crippen molar-refractivity contribution in [2.75, 3.05) is 13.2 Å². The first-order valence-electron chi connectivity index (χ1n) is 10.4. The standard InChI is InChI=1S/C25H29NO2/c1-23(13-8-14-25(19-23)27-17-18-28-25)15-16-24(20-26,21-9-4-2-5-10-21)22-11-6-3-7-12-22/h2-7,9-12H,8,13-19H2,1H3. The third-order valence-electron chi connectivity index (χ3n) is 6.68. The normalized spacial score (nSPS) is 24.1. The van der Waals surface area contributed by atoms with E-state index in [1.54, 1.807) is 0 Å². The van der Waals surface area contributed by atoms with Gasteiger partial charge in [0.2, 0.25) is 0 Å². The van der Waals surface area contributed by atoms with Crippen LogP contribution in [0.2, 0.25) is 0 Å². The zero-order chi connectivity index (χ0) is 19.5. The molecule has 0 radical (unpaired) electrons. The number of nitriles is 1. The second-order valence-electron chi connectivity index (χ2n) is 8.70. The number of benzene rings is 2. The Bertz CT molecular complexity index is 781. The fourth-order valence-electron chi connectivity index (χ4n) is 5.14. The number of hydrogen-bond acceptors (Lipinski definition) is 3. The van der Waals surface area contributed by atoms with Crippen molar-refractivity contribution in [2.24, 2.45) is 5.41 Å². The fourth-order valence-corrected chi connectivity index (χ4v) is 5.14. The molecule has 0 amide bonds. The van der Waals surface area contributed by atoms with E-state index in [4.69, 9.17) is 9.47 Å². The van der Waals surface area contributed by atoms with Crippen LogP contribution in [0.3, 0.4) is 0 Å². The van der Waals surface area contributed by atoms with Crippen molar-refractivity contribution in [3.05, 3.63) is 71.8 Å². The SMILES string of the molecule is CC1(CCC(C#N)(c2ccccc2)c2ccccc2)CCCC2(C1)OCCO2. The maximum Gasteiger partial charge on any atom is 0.169 e. The molecule has 1 aliphatic carbocycles. The summed E-state index contributed by atoms with van der Waals surface area (Å²) in [6, 6.07) is 23.2. The molecule has 28 heavy (non-hydrogen) atoms. The minimum atomic E-state index is -0.631. The molecule has 2 aliphatic rings. The average molecular weight is 376 g/mol. The molecular formula is C25H29NO2. The van der Waals surface area contributed by atoms with E-state index in [2.05, 4.69) is 37.3 Å². The largest absolute Gasteiger partial charge is 0.348 e. The summed E-state index contributed by atoms with van der Waals surface area (Å²) in [5.74, 6) is -0.387. The summed E-state index contributed by atoms with van der Waals surface area (Å²) in [7, 11) is 0. The van der Waals surface area contributed by atoms with Crippen LogP contribution < -0.4 is 0 Å². The van der Waals surface area contributed by atoms with Crippen molar-refractivity contribution in [1.29, 1.82) is 5.26 Å². The highest BCUT2D eigenvalue weighted by molar-refractivity contribution is 5.45. The van der Waals surface area contributed by atoms with Crippen LogP contribution in [0.1, 0.15) is 56.6 Å². The molecular weight excluding hydrogens is 346 g/mol. The minimum Gasteiger partial charge on any atom is -0.348 e. The molecule has 2 aromatic carbocycles. The Morgan fingerprint density at radius 3 is 2.04 bits per heavy atom. The van der Waals surface area contributed by atoms with E-state index in [1.807, 2.05) is 36.4 Å².